The number of aliphatic hydroxyl groups excluding tert-OH is 1. The molecule has 0 unspecified atom stereocenters. The molecular weight excluding hydrogens is 458 g/mol. The zero-order valence-electron chi connectivity index (χ0n) is 20.8. The summed E-state index contributed by atoms with van der Waals surface area (Å²) in [6.07, 6.45) is 1.40. The fraction of sp³-hybridized carbons (Fsp3) is 0.444. The summed E-state index contributed by atoms with van der Waals surface area (Å²) < 4.78 is 7.24. The summed E-state index contributed by atoms with van der Waals surface area (Å²) in [4.78, 5) is 34.8. The highest BCUT2D eigenvalue weighted by atomic mass is 16.5. The van der Waals surface area contributed by atoms with E-state index >= 15 is 0 Å². The van der Waals surface area contributed by atoms with Gasteiger partial charge in [0, 0.05) is 38.3 Å². The van der Waals surface area contributed by atoms with Crippen molar-refractivity contribution in [2.24, 2.45) is 7.05 Å². The minimum Gasteiger partial charge on any atom is -0.497 e. The van der Waals surface area contributed by atoms with Crippen LogP contribution < -0.4 is 10.1 Å². The van der Waals surface area contributed by atoms with Gasteiger partial charge in [-0.15, -0.1) is 0 Å². The van der Waals surface area contributed by atoms with Gasteiger partial charge < -0.3 is 24.6 Å². The van der Waals surface area contributed by atoms with Gasteiger partial charge in [-0.25, -0.2) is 4.98 Å². The molecular formula is C27H33N5O4. The van der Waals surface area contributed by atoms with Crippen LogP contribution in [0.1, 0.15) is 35.4 Å². The normalized spacial score (nSPS) is 21.1. The average molecular weight is 492 g/mol. The third-order valence-electron chi connectivity index (χ3n) is 7.46. The molecule has 3 aromatic rings. The quantitative estimate of drug-likeness (QED) is 0.547. The summed E-state index contributed by atoms with van der Waals surface area (Å²) in [5.74, 6) is 1.35. The van der Waals surface area contributed by atoms with E-state index in [9.17, 15) is 14.7 Å². The lowest BCUT2D eigenvalue weighted by atomic mass is 10.0. The maximum absolute atomic E-state index is 13.2. The second-order valence-corrected chi connectivity index (χ2v) is 9.65. The number of rotatable bonds is 6. The first-order valence-electron chi connectivity index (χ1n) is 12.5. The van der Waals surface area contributed by atoms with Gasteiger partial charge in [0.25, 0.3) is 5.91 Å². The lowest BCUT2D eigenvalue weighted by Gasteiger charge is -2.38. The summed E-state index contributed by atoms with van der Waals surface area (Å²) in [6.45, 7) is 2.03. The maximum Gasteiger partial charge on any atom is 0.253 e. The van der Waals surface area contributed by atoms with Crippen molar-refractivity contribution < 1.29 is 19.4 Å². The number of fused-ring (bicyclic) bond motifs is 1. The zero-order chi connectivity index (χ0) is 25.2. The Morgan fingerprint density at radius 1 is 1.14 bits per heavy atom. The number of para-hydroxylation sites is 2. The standard InChI is InChI=1S/C27H33N5O4/c1-30-23-9-4-3-8-22(23)29-25(30)16-28-26(34)24-15-20(33)17-32(24)19-10-12-31(13-11-19)27(35)18-6-5-7-21(14-18)36-2/h3-9,14,19-20,24,33H,10-13,15-17H2,1-2H3,(H,28,34)/t20-,24+/m1/s1. The monoisotopic (exact) mass is 491 g/mol. The SMILES string of the molecule is COc1cccc(C(=O)N2CCC(N3C[C@H](O)C[C@H]3C(=O)NCc3nc4ccccc4n3C)CC2)c1. The number of methoxy groups -OCH3 is 1. The minimum atomic E-state index is -0.534. The van der Waals surface area contributed by atoms with Crippen LogP contribution in [-0.4, -0.2) is 81.2 Å². The molecule has 9 nitrogen and oxygen atoms in total. The number of aryl methyl sites for hydroxylation is 1. The van der Waals surface area contributed by atoms with Crippen LogP contribution in [0.2, 0.25) is 0 Å². The van der Waals surface area contributed by atoms with Gasteiger partial charge in [-0.1, -0.05) is 18.2 Å². The summed E-state index contributed by atoms with van der Waals surface area (Å²) in [5.41, 5.74) is 2.54. The van der Waals surface area contributed by atoms with Crippen molar-refractivity contribution in [1.29, 1.82) is 0 Å². The molecule has 2 aliphatic rings. The predicted molar refractivity (Wildman–Crippen MR) is 136 cm³/mol. The number of amides is 2. The van der Waals surface area contributed by atoms with Gasteiger partial charge in [0.15, 0.2) is 0 Å². The number of nitrogens with one attached hydrogen (secondary N) is 1. The number of β-amino-alcohol motifs (C(OH)–C–C–N with tert-alkyl or cyclic N) is 1. The van der Waals surface area contributed by atoms with E-state index in [0.29, 0.717) is 43.9 Å². The number of carbonyl (C=O) groups is 2. The molecule has 36 heavy (non-hydrogen) atoms. The lowest BCUT2D eigenvalue weighted by Crippen LogP contribution is -2.52. The van der Waals surface area contributed by atoms with Gasteiger partial charge in [-0.3, -0.25) is 14.5 Å². The molecule has 5 rings (SSSR count). The number of imidazole rings is 1. The topological polar surface area (TPSA) is 99.9 Å². The van der Waals surface area contributed by atoms with Crippen molar-refractivity contribution in [2.75, 3.05) is 26.7 Å². The van der Waals surface area contributed by atoms with Crippen LogP contribution in [0.4, 0.5) is 0 Å². The Morgan fingerprint density at radius 3 is 2.67 bits per heavy atom. The number of ether oxygens (including phenoxy) is 1. The van der Waals surface area contributed by atoms with Crippen molar-refractivity contribution >= 4 is 22.8 Å². The van der Waals surface area contributed by atoms with Crippen LogP contribution in [0.3, 0.4) is 0 Å². The Morgan fingerprint density at radius 2 is 1.92 bits per heavy atom. The van der Waals surface area contributed by atoms with Gasteiger partial charge in [-0.2, -0.15) is 0 Å². The van der Waals surface area contributed by atoms with Gasteiger partial charge in [0.2, 0.25) is 5.91 Å². The number of nitrogens with zero attached hydrogens (tertiary/aromatic N) is 4. The summed E-state index contributed by atoms with van der Waals surface area (Å²) in [5, 5.41) is 13.4. The molecule has 3 heterocycles. The van der Waals surface area contributed by atoms with Crippen LogP contribution in [0, 0.1) is 0 Å². The fourth-order valence-electron chi connectivity index (χ4n) is 5.48. The Balaban J connectivity index is 1.19. The van der Waals surface area contributed by atoms with Crippen LogP contribution in [0.15, 0.2) is 48.5 Å². The first kappa shape index (κ1) is 24.3. The molecule has 2 N–H and O–H groups in total. The van der Waals surface area contributed by atoms with E-state index < -0.39 is 6.10 Å². The molecule has 9 heteroatoms. The highest BCUT2D eigenvalue weighted by Crippen LogP contribution is 2.27. The molecule has 0 aliphatic carbocycles. The fourth-order valence-corrected chi connectivity index (χ4v) is 5.48. The molecule has 2 atom stereocenters. The molecule has 2 amide bonds. The van der Waals surface area contributed by atoms with Crippen LogP contribution in [-0.2, 0) is 18.4 Å². The number of aliphatic hydroxyl groups is 1. The first-order chi connectivity index (χ1) is 17.4. The highest BCUT2D eigenvalue weighted by Gasteiger charge is 2.41. The molecule has 0 spiro atoms. The molecule has 2 aromatic carbocycles. The largest absolute Gasteiger partial charge is 0.497 e. The molecule has 0 saturated carbocycles. The van der Waals surface area contributed by atoms with Crippen molar-refractivity contribution in [1.82, 2.24) is 24.7 Å². The third kappa shape index (κ3) is 4.81. The molecule has 190 valence electrons. The van der Waals surface area contributed by atoms with Crippen LogP contribution >= 0.6 is 0 Å². The number of likely N-dealkylation sites (tertiary alicyclic amines) is 2. The number of aromatic nitrogens is 2. The lowest BCUT2D eigenvalue weighted by molar-refractivity contribution is -0.126. The van der Waals surface area contributed by atoms with E-state index in [1.54, 1.807) is 19.2 Å². The predicted octanol–water partition coefficient (Wildman–Crippen LogP) is 1.94. The van der Waals surface area contributed by atoms with E-state index in [2.05, 4.69) is 15.2 Å². The molecule has 1 aromatic heterocycles. The highest BCUT2D eigenvalue weighted by molar-refractivity contribution is 5.94. The number of carbonyl (C=O) groups excluding carboxylic acids is 2. The van der Waals surface area contributed by atoms with Crippen molar-refractivity contribution in [2.45, 2.75) is 44.0 Å². The average Bonchev–Trinajstić information content (AvgIpc) is 3.46. The van der Waals surface area contributed by atoms with Crippen LogP contribution in [0.25, 0.3) is 11.0 Å². The van der Waals surface area contributed by atoms with Gasteiger partial charge >= 0.3 is 0 Å². The molecule has 2 aliphatic heterocycles. The van der Waals surface area contributed by atoms with E-state index in [1.165, 1.54) is 0 Å². The van der Waals surface area contributed by atoms with Gasteiger partial charge in [0.05, 0.1) is 36.8 Å². The second kappa shape index (κ2) is 10.3. The molecule has 0 radical (unpaired) electrons. The van der Waals surface area contributed by atoms with E-state index in [-0.39, 0.29) is 23.9 Å². The Hall–Kier alpha value is -3.43. The van der Waals surface area contributed by atoms with Crippen molar-refractivity contribution in [3.8, 4) is 5.75 Å². The van der Waals surface area contributed by atoms with Crippen LogP contribution in [0.5, 0.6) is 5.75 Å². The minimum absolute atomic E-state index is 0.00875. The van der Waals surface area contributed by atoms with Crippen molar-refractivity contribution in [3.63, 3.8) is 0 Å². The van der Waals surface area contributed by atoms with Crippen molar-refractivity contribution in [3.05, 3.63) is 59.9 Å². The number of piperidine rings is 1. The Bertz CT molecular complexity index is 1250. The smallest absolute Gasteiger partial charge is 0.253 e. The Labute approximate surface area is 210 Å². The molecule has 2 saturated heterocycles. The third-order valence-corrected chi connectivity index (χ3v) is 7.46. The summed E-state index contributed by atoms with van der Waals surface area (Å²) in [7, 11) is 3.54. The first-order valence-corrected chi connectivity index (χ1v) is 12.5. The van der Waals surface area contributed by atoms with E-state index in [4.69, 9.17) is 4.74 Å². The second-order valence-electron chi connectivity index (χ2n) is 9.65. The molecule has 0 bridgehead atoms. The van der Waals surface area contributed by atoms with Gasteiger partial charge in [-0.05, 0) is 49.6 Å². The Kier molecular flexibility index (Phi) is 6.93. The van der Waals surface area contributed by atoms with Gasteiger partial charge in [0.1, 0.15) is 11.6 Å². The summed E-state index contributed by atoms with van der Waals surface area (Å²) >= 11 is 0. The summed E-state index contributed by atoms with van der Waals surface area (Å²) in [6, 6.07) is 14.8. The van der Waals surface area contributed by atoms with E-state index in [1.807, 2.05) is 52.9 Å². The zero-order valence-corrected chi connectivity index (χ0v) is 20.8. The number of benzene rings is 2. The number of hydrogen-bond acceptors (Lipinski definition) is 6. The van der Waals surface area contributed by atoms with E-state index in [0.717, 1.165) is 29.7 Å². The molecule has 2 fully saturated rings. The number of hydrogen-bond donors (Lipinski definition) is 2. The maximum atomic E-state index is 13.2.